The van der Waals surface area contributed by atoms with E-state index in [0.29, 0.717) is 12.2 Å². The van der Waals surface area contributed by atoms with Gasteiger partial charge < -0.3 is 10.4 Å². The topological polar surface area (TPSA) is 44.3 Å². The van der Waals surface area contributed by atoms with Crippen molar-refractivity contribution in [1.82, 2.24) is 10.6 Å². The van der Waals surface area contributed by atoms with Gasteiger partial charge in [-0.25, -0.2) is 0 Å². The number of rotatable bonds is 1. The summed E-state index contributed by atoms with van der Waals surface area (Å²) < 4.78 is 0. The summed E-state index contributed by atoms with van der Waals surface area (Å²) in [6, 6.07) is 0.297. The molecule has 2 rings (SSSR count). The second-order valence-electron chi connectivity index (χ2n) is 3.67. The first kappa shape index (κ1) is 8.08. The summed E-state index contributed by atoms with van der Waals surface area (Å²) >= 11 is 0. The van der Waals surface area contributed by atoms with Gasteiger partial charge in [0.25, 0.3) is 0 Å². The van der Waals surface area contributed by atoms with E-state index >= 15 is 0 Å². The number of piperidine rings is 1. The molecule has 3 N–H and O–H groups in total. The molecule has 3 nitrogen and oxygen atoms in total. The molecule has 2 aliphatic heterocycles. The van der Waals surface area contributed by atoms with E-state index in [-0.39, 0.29) is 6.61 Å². The van der Waals surface area contributed by atoms with Gasteiger partial charge in [-0.3, -0.25) is 5.32 Å². The standard InChI is InChI=1S/C9H16N2O/c12-6-8-4-3-7-2-1-5-10-9(7)11-8/h1,5,7-12H,2-4,6H2. The van der Waals surface area contributed by atoms with Crippen LogP contribution in [0.3, 0.4) is 0 Å². The van der Waals surface area contributed by atoms with Crippen molar-refractivity contribution in [2.24, 2.45) is 5.92 Å². The van der Waals surface area contributed by atoms with E-state index in [4.69, 9.17) is 5.11 Å². The normalized spacial score (nSPS) is 40.2. The summed E-state index contributed by atoms with van der Waals surface area (Å²) in [7, 11) is 0. The molecule has 0 bridgehead atoms. The molecule has 0 aromatic heterocycles. The third kappa shape index (κ3) is 1.47. The lowest BCUT2D eigenvalue weighted by Crippen LogP contribution is -2.55. The first-order valence-corrected chi connectivity index (χ1v) is 4.68. The summed E-state index contributed by atoms with van der Waals surface area (Å²) in [5.41, 5.74) is 0. The Morgan fingerprint density at radius 1 is 1.42 bits per heavy atom. The summed E-state index contributed by atoms with van der Waals surface area (Å²) in [5.74, 6) is 0.720. The van der Waals surface area contributed by atoms with Crippen molar-refractivity contribution in [3.05, 3.63) is 12.3 Å². The molecule has 3 atom stereocenters. The van der Waals surface area contributed by atoms with Crippen molar-refractivity contribution in [1.29, 1.82) is 0 Å². The van der Waals surface area contributed by atoms with E-state index in [1.54, 1.807) is 0 Å². The molecule has 0 aromatic carbocycles. The second kappa shape index (κ2) is 3.46. The Balaban J connectivity index is 1.95. The first-order chi connectivity index (χ1) is 5.90. The summed E-state index contributed by atoms with van der Waals surface area (Å²) in [6.45, 7) is 0.259. The van der Waals surface area contributed by atoms with Crippen LogP contribution in [0.1, 0.15) is 19.3 Å². The van der Waals surface area contributed by atoms with E-state index in [0.717, 1.165) is 12.3 Å². The molecule has 0 radical (unpaired) electrons. The molecule has 0 amide bonds. The Morgan fingerprint density at radius 2 is 2.33 bits per heavy atom. The first-order valence-electron chi connectivity index (χ1n) is 4.68. The third-order valence-corrected chi connectivity index (χ3v) is 2.83. The van der Waals surface area contributed by atoms with Crippen LogP contribution in [0.4, 0.5) is 0 Å². The van der Waals surface area contributed by atoms with Crippen molar-refractivity contribution in [2.45, 2.75) is 31.5 Å². The molecule has 0 spiro atoms. The zero-order chi connectivity index (χ0) is 8.39. The minimum absolute atomic E-state index is 0.259. The predicted octanol–water partition coefficient (Wildman–Crippen LogP) is 0.180. The molecule has 3 unspecified atom stereocenters. The van der Waals surface area contributed by atoms with Gasteiger partial charge in [0.1, 0.15) is 0 Å². The number of fused-ring (bicyclic) bond motifs is 1. The highest BCUT2D eigenvalue weighted by molar-refractivity contribution is 4.97. The van der Waals surface area contributed by atoms with Crippen molar-refractivity contribution < 1.29 is 5.11 Å². The fraction of sp³-hybridized carbons (Fsp3) is 0.778. The van der Waals surface area contributed by atoms with Gasteiger partial charge in [0.15, 0.2) is 0 Å². The Hall–Kier alpha value is -0.540. The van der Waals surface area contributed by atoms with Crippen LogP contribution in [0, 0.1) is 5.92 Å². The van der Waals surface area contributed by atoms with Gasteiger partial charge in [0.2, 0.25) is 0 Å². The zero-order valence-corrected chi connectivity index (χ0v) is 7.16. The van der Waals surface area contributed by atoms with Gasteiger partial charge in [0, 0.05) is 6.04 Å². The number of allylic oxidation sites excluding steroid dienone is 1. The lowest BCUT2D eigenvalue weighted by molar-refractivity contribution is 0.149. The van der Waals surface area contributed by atoms with Gasteiger partial charge in [-0.15, -0.1) is 0 Å². The highest BCUT2D eigenvalue weighted by atomic mass is 16.3. The van der Waals surface area contributed by atoms with E-state index in [1.807, 2.05) is 6.20 Å². The number of aliphatic hydroxyl groups is 1. The molecule has 0 aliphatic carbocycles. The van der Waals surface area contributed by atoms with Crippen LogP contribution in [0.5, 0.6) is 0 Å². The van der Waals surface area contributed by atoms with Crippen molar-refractivity contribution in [3.63, 3.8) is 0 Å². The van der Waals surface area contributed by atoms with Crippen LogP contribution in [0.2, 0.25) is 0 Å². The monoisotopic (exact) mass is 168 g/mol. The maximum Gasteiger partial charge on any atom is 0.0797 e. The smallest absolute Gasteiger partial charge is 0.0797 e. The Bertz CT molecular complexity index is 181. The summed E-state index contributed by atoms with van der Waals surface area (Å²) in [4.78, 5) is 0. The number of hydrogen-bond acceptors (Lipinski definition) is 3. The molecule has 0 aromatic rings. The number of aliphatic hydroxyl groups excluding tert-OH is 1. The quantitative estimate of drug-likeness (QED) is 0.523. The highest BCUT2D eigenvalue weighted by Gasteiger charge is 2.29. The molecule has 2 heterocycles. The molecule has 3 heteroatoms. The van der Waals surface area contributed by atoms with E-state index in [2.05, 4.69) is 16.7 Å². The molecular weight excluding hydrogens is 152 g/mol. The Kier molecular flexibility index (Phi) is 2.33. The lowest BCUT2D eigenvalue weighted by Gasteiger charge is -2.38. The molecular formula is C9H16N2O. The Morgan fingerprint density at radius 3 is 3.17 bits per heavy atom. The van der Waals surface area contributed by atoms with Crippen LogP contribution < -0.4 is 10.6 Å². The predicted molar refractivity (Wildman–Crippen MR) is 47.4 cm³/mol. The third-order valence-electron chi connectivity index (χ3n) is 2.83. The van der Waals surface area contributed by atoms with Gasteiger partial charge in [-0.1, -0.05) is 6.08 Å². The van der Waals surface area contributed by atoms with E-state index in [1.165, 1.54) is 12.8 Å². The van der Waals surface area contributed by atoms with Gasteiger partial charge in [-0.2, -0.15) is 0 Å². The minimum Gasteiger partial charge on any atom is -0.395 e. The number of nitrogens with one attached hydrogen (secondary N) is 2. The van der Waals surface area contributed by atoms with Gasteiger partial charge in [0.05, 0.1) is 12.8 Å². The molecule has 1 saturated heterocycles. The highest BCUT2D eigenvalue weighted by Crippen LogP contribution is 2.24. The van der Waals surface area contributed by atoms with Crippen LogP contribution in [0.25, 0.3) is 0 Å². The molecule has 12 heavy (non-hydrogen) atoms. The average molecular weight is 168 g/mol. The zero-order valence-electron chi connectivity index (χ0n) is 7.16. The molecule has 0 saturated carbocycles. The Labute approximate surface area is 72.9 Å². The number of hydrogen-bond donors (Lipinski definition) is 3. The van der Waals surface area contributed by atoms with Gasteiger partial charge >= 0.3 is 0 Å². The molecule has 1 fully saturated rings. The van der Waals surface area contributed by atoms with Crippen LogP contribution in [0.15, 0.2) is 12.3 Å². The van der Waals surface area contributed by atoms with E-state index < -0.39 is 0 Å². The van der Waals surface area contributed by atoms with Crippen molar-refractivity contribution >= 4 is 0 Å². The van der Waals surface area contributed by atoms with Crippen molar-refractivity contribution in [3.8, 4) is 0 Å². The fourth-order valence-electron chi connectivity index (χ4n) is 2.05. The van der Waals surface area contributed by atoms with Crippen LogP contribution >= 0.6 is 0 Å². The molecule has 68 valence electrons. The largest absolute Gasteiger partial charge is 0.395 e. The van der Waals surface area contributed by atoms with Crippen LogP contribution in [-0.4, -0.2) is 23.9 Å². The maximum absolute atomic E-state index is 8.97. The van der Waals surface area contributed by atoms with Crippen LogP contribution in [-0.2, 0) is 0 Å². The summed E-state index contributed by atoms with van der Waals surface area (Å²) in [6.07, 6.45) is 8.08. The average Bonchev–Trinajstić information content (AvgIpc) is 2.17. The maximum atomic E-state index is 8.97. The van der Waals surface area contributed by atoms with E-state index in [9.17, 15) is 0 Å². The minimum atomic E-state index is 0.259. The van der Waals surface area contributed by atoms with Crippen molar-refractivity contribution in [2.75, 3.05) is 6.61 Å². The molecule has 2 aliphatic rings. The fourth-order valence-corrected chi connectivity index (χ4v) is 2.05. The lowest BCUT2D eigenvalue weighted by atomic mass is 9.88. The van der Waals surface area contributed by atoms with Gasteiger partial charge in [-0.05, 0) is 31.4 Å². The summed E-state index contributed by atoms with van der Waals surface area (Å²) in [5, 5.41) is 15.6. The SMILES string of the molecule is OCC1CCC2CC=CNC2N1. The second-order valence-corrected chi connectivity index (χ2v) is 3.67.